The predicted octanol–water partition coefficient (Wildman–Crippen LogP) is 4.82. The smallest absolute Gasteiger partial charge is 0.314 e. The summed E-state index contributed by atoms with van der Waals surface area (Å²) in [6.45, 7) is 9.37. The quantitative estimate of drug-likeness (QED) is 0.0899. The van der Waals surface area contributed by atoms with Crippen LogP contribution in [-0.2, 0) is 4.79 Å². The van der Waals surface area contributed by atoms with E-state index in [2.05, 4.69) is 0 Å². The number of hydrogen-bond donors (Lipinski definition) is 3. The molecule has 3 N–H and O–H groups in total. The van der Waals surface area contributed by atoms with E-state index in [9.17, 15) is 44.1 Å². The number of rotatable bonds is 6. The van der Waals surface area contributed by atoms with Crippen LogP contribution in [0.2, 0.25) is 0 Å². The maximum atomic E-state index is 14.2. The molecular formula is C35H34O10. The Hall–Kier alpha value is -4.86. The number of aldehydes is 1. The highest BCUT2D eigenvalue weighted by molar-refractivity contribution is 6.06. The van der Waals surface area contributed by atoms with Gasteiger partial charge < -0.3 is 20.1 Å². The van der Waals surface area contributed by atoms with Gasteiger partial charge in [0, 0.05) is 55.3 Å². The maximum absolute atomic E-state index is 14.2. The van der Waals surface area contributed by atoms with Crippen molar-refractivity contribution >= 4 is 23.0 Å². The van der Waals surface area contributed by atoms with Crippen LogP contribution in [0.5, 0.6) is 23.0 Å². The molecule has 0 heterocycles. The molecule has 3 aliphatic carbocycles. The molecule has 0 amide bonds. The molecule has 0 radical (unpaired) electrons. The lowest BCUT2D eigenvalue weighted by Gasteiger charge is -2.22. The number of fused-ring (bicyclic) bond motifs is 2. The van der Waals surface area contributed by atoms with E-state index < -0.39 is 62.1 Å². The molecule has 0 bridgehead atoms. The average molecular weight is 615 g/mol. The summed E-state index contributed by atoms with van der Waals surface area (Å²) < 4.78 is 5.62. The SMILES string of the molecule is Cc1c(-c2c(C)c(=O)c3c(C(C)C)c(=O)c(=O)c(C=O)c-3c2=O)c(O)c2cc(OC(=O)C3CCCC3)c(O)c(C(C)C)c2c1O. The fourth-order valence-corrected chi connectivity index (χ4v) is 6.80. The van der Waals surface area contributed by atoms with Gasteiger partial charge in [-0.15, -0.1) is 0 Å². The van der Waals surface area contributed by atoms with E-state index >= 15 is 0 Å². The van der Waals surface area contributed by atoms with E-state index in [-0.39, 0.29) is 73.4 Å². The van der Waals surface area contributed by atoms with Crippen LogP contribution in [0.25, 0.3) is 33.0 Å². The van der Waals surface area contributed by atoms with E-state index in [0.717, 1.165) is 12.8 Å². The molecule has 1 saturated carbocycles. The average Bonchev–Trinajstić information content (AvgIpc) is 3.53. The Bertz CT molecular complexity index is 2110. The molecule has 5 rings (SSSR count). The molecule has 2 aromatic rings. The predicted molar refractivity (Wildman–Crippen MR) is 169 cm³/mol. The molecule has 0 atom stereocenters. The Morgan fingerprint density at radius 2 is 1.36 bits per heavy atom. The number of phenols is 3. The number of esters is 1. The van der Waals surface area contributed by atoms with Crippen LogP contribution < -0.4 is 26.5 Å². The fourth-order valence-electron chi connectivity index (χ4n) is 6.80. The zero-order valence-electron chi connectivity index (χ0n) is 25.9. The Morgan fingerprint density at radius 3 is 1.91 bits per heavy atom. The summed E-state index contributed by atoms with van der Waals surface area (Å²) in [5.41, 5.74) is -6.34. The van der Waals surface area contributed by atoms with Gasteiger partial charge in [0.15, 0.2) is 28.6 Å². The van der Waals surface area contributed by atoms with Crippen LogP contribution in [0.3, 0.4) is 0 Å². The topological polar surface area (TPSA) is 172 Å². The first-order valence-corrected chi connectivity index (χ1v) is 14.9. The Balaban J connectivity index is 1.93. The van der Waals surface area contributed by atoms with E-state index in [1.807, 2.05) is 0 Å². The van der Waals surface area contributed by atoms with Gasteiger partial charge in [-0.05, 0) is 44.6 Å². The van der Waals surface area contributed by atoms with E-state index in [4.69, 9.17) is 4.74 Å². The Morgan fingerprint density at radius 1 is 0.756 bits per heavy atom. The third-order valence-corrected chi connectivity index (χ3v) is 9.06. The van der Waals surface area contributed by atoms with Gasteiger partial charge in [-0.1, -0.05) is 40.5 Å². The van der Waals surface area contributed by atoms with Crippen LogP contribution in [0.4, 0.5) is 0 Å². The van der Waals surface area contributed by atoms with Crippen molar-refractivity contribution in [2.24, 2.45) is 5.92 Å². The van der Waals surface area contributed by atoms with Crippen LogP contribution >= 0.6 is 0 Å². The lowest BCUT2D eigenvalue weighted by Crippen LogP contribution is -2.38. The number of aromatic hydroxyl groups is 3. The van der Waals surface area contributed by atoms with Crippen LogP contribution in [0.15, 0.2) is 25.2 Å². The van der Waals surface area contributed by atoms with E-state index in [0.29, 0.717) is 12.8 Å². The van der Waals surface area contributed by atoms with Crippen molar-refractivity contribution in [2.45, 2.75) is 79.1 Å². The molecule has 1 fully saturated rings. The molecule has 0 aliphatic heterocycles. The highest BCUT2D eigenvalue weighted by Gasteiger charge is 2.34. The second-order valence-electron chi connectivity index (χ2n) is 12.5. The zero-order chi connectivity index (χ0) is 33.2. The summed E-state index contributed by atoms with van der Waals surface area (Å²) >= 11 is 0. The lowest BCUT2D eigenvalue weighted by molar-refractivity contribution is -0.138. The van der Waals surface area contributed by atoms with Crippen molar-refractivity contribution in [3.63, 3.8) is 0 Å². The molecular weight excluding hydrogens is 580 g/mol. The monoisotopic (exact) mass is 614 g/mol. The molecule has 234 valence electrons. The minimum Gasteiger partial charge on any atom is -0.507 e. The molecule has 10 heteroatoms. The van der Waals surface area contributed by atoms with Gasteiger partial charge in [-0.3, -0.25) is 28.8 Å². The van der Waals surface area contributed by atoms with Gasteiger partial charge >= 0.3 is 5.97 Å². The third-order valence-electron chi connectivity index (χ3n) is 9.06. The number of phenolic OH excluding ortho intramolecular Hbond substituents is 3. The molecule has 10 nitrogen and oxygen atoms in total. The highest BCUT2D eigenvalue weighted by Crippen LogP contribution is 2.52. The minimum absolute atomic E-state index is 0.0181. The highest BCUT2D eigenvalue weighted by atomic mass is 16.5. The summed E-state index contributed by atoms with van der Waals surface area (Å²) in [7, 11) is 0. The van der Waals surface area contributed by atoms with Gasteiger partial charge in [0.1, 0.15) is 11.5 Å². The van der Waals surface area contributed by atoms with Crippen molar-refractivity contribution in [3.05, 3.63) is 74.8 Å². The Kier molecular flexibility index (Phi) is 7.89. The summed E-state index contributed by atoms with van der Waals surface area (Å²) in [5, 5.41) is 34.5. The van der Waals surface area contributed by atoms with Crippen molar-refractivity contribution in [3.8, 4) is 45.3 Å². The third kappa shape index (κ3) is 4.62. The molecule has 0 unspecified atom stereocenters. The standard InChI is InChI=1S/C35H34O10/c1-13(2)21-25-18(11-20(32(21)41)45-35(44)17-9-7-8-10-17)30(39)23(15(5)28(25)37)24-16(6)29(38)27-22(14(3)4)34(43)31(40)19(12-36)26(27)33(24)42/h11-14,17,37,39,41H,7-10H2,1-6H3. The molecule has 0 spiro atoms. The van der Waals surface area contributed by atoms with Crippen LogP contribution in [0.1, 0.15) is 97.8 Å². The minimum atomic E-state index is -1.21. The first-order valence-electron chi connectivity index (χ1n) is 14.9. The second kappa shape index (κ2) is 11.3. The second-order valence-corrected chi connectivity index (χ2v) is 12.5. The number of carbonyl (C=O) groups excluding carboxylic acids is 2. The van der Waals surface area contributed by atoms with Gasteiger partial charge in [0.2, 0.25) is 10.9 Å². The maximum Gasteiger partial charge on any atom is 0.314 e. The normalized spacial score (nSPS) is 13.9. The van der Waals surface area contributed by atoms with Gasteiger partial charge in [-0.2, -0.15) is 0 Å². The zero-order valence-corrected chi connectivity index (χ0v) is 25.9. The summed E-state index contributed by atoms with van der Waals surface area (Å²) in [6, 6.07) is 1.20. The molecule has 0 aromatic heterocycles. The van der Waals surface area contributed by atoms with Gasteiger partial charge in [-0.25, -0.2) is 0 Å². The number of benzene rings is 4. The molecule has 0 saturated heterocycles. The van der Waals surface area contributed by atoms with Crippen molar-refractivity contribution in [1.82, 2.24) is 0 Å². The summed E-state index contributed by atoms with van der Waals surface area (Å²) in [4.78, 5) is 78.9. The van der Waals surface area contributed by atoms with E-state index in [1.165, 1.54) is 19.9 Å². The van der Waals surface area contributed by atoms with Crippen LogP contribution in [-0.4, -0.2) is 27.6 Å². The Labute approximate surface area is 257 Å². The van der Waals surface area contributed by atoms with Crippen LogP contribution in [0, 0.1) is 19.8 Å². The largest absolute Gasteiger partial charge is 0.507 e. The number of ether oxygens (including phenoxy) is 1. The van der Waals surface area contributed by atoms with Gasteiger partial charge in [0.05, 0.1) is 11.5 Å². The molecule has 45 heavy (non-hydrogen) atoms. The molecule has 3 aliphatic rings. The number of hydrogen-bond acceptors (Lipinski definition) is 10. The van der Waals surface area contributed by atoms with Crippen molar-refractivity contribution in [1.29, 1.82) is 0 Å². The van der Waals surface area contributed by atoms with Gasteiger partial charge in [0.25, 0.3) is 0 Å². The van der Waals surface area contributed by atoms with Crippen molar-refractivity contribution in [2.75, 3.05) is 0 Å². The van der Waals surface area contributed by atoms with E-state index in [1.54, 1.807) is 27.7 Å². The molecule has 2 aromatic carbocycles. The van der Waals surface area contributed by atoms with Crippen molar-refractivity contribution < 1.29 is 29.6 Å². The lowest BCUT2D eigenvalue weighted by atomic mass is 9.81. The first-order chi connectivity index (χ1) is 21.1. The first kappa shape index (κ1) is 31.6. The summed E-state index contributed by atoms with van der Waals surface area (Å²) in [5.74, 6) is -3.53. The fraction of sp³-hybridized carbons (Fsp3) is 0.371. The summed E-state index contributed by atoms with van der Waals surface area (Å²) in [6.07, 6.45) is 3.10. The number of carbonyl (C=O) groups is 2.